The summed E-state index contributed by atoms with van der Waals surface area (Å²) in [6, 6.07) is 7.17. The molecule has 0 bridgehead atoms. The molecule has 0 aliphatic carbocycles. The van der Waals surface area contributed by atoms with Gasteiger partial charge in [-0.05, 0) is 44.5 Å². The lowest BCUT2D eigenvalue weighted by molar-refractivity contribution is -0.0707. The molecule has 2 heterocycles. The van der Waals surface area contributed by atoms with Gasteiger partial charge in [0.05, 0.1) is 24.5 Å². The summed E-state index contributed by atoms with van der Waals surface area (Å²) in [5, 5.41) is 5.50. The molecule has 1 N–H and O–H groups in total. The number of aromatic nitrogens is 1. The maximum absolute atomic E-state index is 12.4. The van der Waals surface area contributed by atoms with Gasteiger partial charge in [0.2, 0.25) is 0 Å². The van der Waals surface area contributed by atoms with Crippen LogP contribution in [0.2, 0.25) is 0 Å². The number of nitrogens with zero attached hydrogens (tertiary/aromatic N) is 2. The average molecular weight is 390 g/mol. The third kappa shape index (κ3) is 5.76. The monoisotopic (exact) mass is 389 g/mol. The molecular weight excluding hydrogens is 362 g/mol. The minimum absolute atomic E-state index is 0.161. The van der Waals surface area contributed by atoms with Crippen molar-refractivity contribution < 1.29 is 14.3 Å². The Morgan fingerprint density at radius 1 is 1.30 bits per heavy atom. The van der Waals surface area contributed by atoms with E-state index in [2.05, 4.69) is 36.0 Å². The maximum atomic E-state index is 12.4. The number of thiazole rings is 1. The molecule has 0 radical (unpaired) electrons. The van der Waals surface area contributed by atoms with E-state index in [1.165, 1.54) is 11.3 Å². The Bertz CT molecular complexity index is 737. The summed E-state index contributed by atoms with van der Waals surface area (Å²) in [7, 11) is 0. The highest BCUT2D eigenvalue weighted by atomic mass is 32.1. The van der Waals surface area contributed by atoms with Crippen LogP contribution in [0.25, 0.3) is 0 Å². The van der Waals surface area contributed by atoms with E-state index in [0.717, 1.165) is 37.5 Å². The highest BCUT2D eigenvalue weighted by Crippen LogP contribution is 2.20. The number of anilines is 1. The third-order valence-corrected chi connectivity index (χ3v) is 5.05. The SMILES string of the molecule is CCCOc1ccc(C(=O)Nc2nc(CN3C[C@H](C)O[C@@H](C)C3)cs2)cc1. The Morgan fingerprint density at radius 3 is 2.67 bits per heavy atom. The molecule has 2 atom stereocenters. The number of carbonyl (C=O) groups excluding carboxylic acids is 1. The fourth-order valence-corrected chi connectivity index (χ4v) is 3.87. The molecule has 146 valence electrons. The van der Waals surface area contributed by atoms with Gasteiger partial charge in [0.1, 0.15) is 5.75 Å². The molecule has 1 aliphatic heterocycles. The van der Waals surface area contributed by atoms with Crippen LogP contribution >= 0.6 is 11.3 Å². The van der Waals surface area contributed by atoms with Gasteiger partial charge in [-0.3, -0.25) is 15.0 Å². The van der Waals surface area contributed by atoms with Gasteiger partial charge in [0.15, 0.2) is 5.13 Å². The van der Waals surface area contributed by atoms with Gasteiger partial charge in [-0.25, -0.2) is 4.98 Å². The minimum atomic E-state index is -0.161. The van der Waals surface area contributed by atoms with Crippen LogP contribution < -0.4 is 10.1 Å². The second-order valence-electron chi connectivity index (χ2n) is 6.92. The average Bonchev–Trinajstić information content (AvgIpc) is 3.06. The number of carbonyl (C=O) groups is 1. The molecule has 6 nitrogen and oxygen atoms in total. The van der Waals surface area contributed by atoms with E-state index in [-0.39, 0.29) is 18.1 Å². The zero-order valence-corrected chi connectivity index (χ0v) is 16.9. The van der Waals surface area contributed by atoms with Crippen LogP contribution in [-0.4, -0.2) is 47.7 Å². The highest BCUT2D eigenvalue weighted by molar-refractivity contribution is 7.13. The standard InChI is InChI=1S/C20H27N3O3S/c1-4-9-25-18-7-5-16(6-8-18)19(24)22-20-21-17(13-27-20)12-23-10-14(2)26-15(3)11-23/h5-8,13-15H,4,9-12H2,1-3H3,(H,21,22,24)/t14-,15-/m0/s1. The van der Waals surface area contributed by atoms with Crippen molar-refractivity contribution in [1.29, 1.82) is 0 Å². The minimum Gasteiger partial charge on any atom is -0.494 e. The molecule has 2 aromatic rings. The highest BCUT2D eigenvalue weighted by Gasteiger charge is 2.22. The van der Waals surface area contributed by atoms with Crippen molar-refractivity contribution in [2.45, 2.75) is 45.9 Å². The summed E-state index contributed by atoms with van der Waals surface area (Å²) >= 11 is 1.45. The molecule has 1 aliphatic rings. The van der Waals surface area contributed by atoms with E-state index in [0.29, 0.717) is 17.3 Å². The second-order valence-corrected chi connectivity index (χ2v) is 7.78. The van der Waals surface area contributed by atoms with Gasteiger partial charge >= 0.3 is 0 Å². The fourth-order valence-electron chi connectivity index (χ4n) is 3.17. The Hall–Kier alpha value is -1.96. The summed E-state index contributed by atoms with van der Waals surface area (Å²) in [4.78, 5) is 19.3. The van der Waals surface area contributed by atoms with Gasteiger partial charge in [-0.15, -0.1) is 11.3 Å². The molecule has 0 unspecified atom stereocenters. The molecule has 1 fully saturated rings. The zero-order valence-electron chi connectivity index (χ0n) is 16.1. The maximum Gasteiger partial charge on any atom is 0.257 e. The van der Waals surface area contributed by atoms with E-state index in [1.807, 2.05) is 17.5 Å². The first kappa shape index (κ1) is 19.8. The van der Waals surface area contributed by atoms with Crippen molar-refractivity contribution in [3.63, 3.8) is 0 Å². The Labute approximate surface area is 164 Å². The number of ether oxygens (including phenoxy) is 2. The number of hydrogen-bond acceptors (Lipinski definition) is 6. The van der Waals surface area contributed by atoms with Crippen molar-refractivity contribution in [1.82, 2.24) is 9.88 Å². The van der Waals surface area contributed by atoms with Crippen molar-refractivity contribution >= 4 is 22.4 Å². The normalized spacial score (nSPS) is 20.4. The Balaban J connectivity index is 1.54. The van der Waals surface area contributed by atoms with Crippen LogP contribution in [0.3, 0.4) is 0 Å². The van der Waals surface area contributed by atoms with Crippen molar-refractivity contribution in [3.05, 3.63) is 40.9 Å². The molecule has 1 amide bonds. The number of nitrogens with one attached hydrogen (secondary N) is 1. The van der Waals surface area contributed by atoms with E-state index >= 15 is 0 Å². The van der Waals surface area contributed by atoms with E-state index in [9.17, 15) is 4.79 Å². The Kier molecular flexibility index (Phi) is 6.82. The topological polar surface area (TPSA) is 63.7 Å². The smallest absolute Gasteiger partial charge is 0.257 e. The van der Waals surface area contributed by atoms with Crippen LogP contribution in [0.15, 0.2) is 29.6 Å². The zero-order chi connectivity index (χ0) is 19.2. The van der Waals surface area contributed by atoms with Crippen molar-refractivity contribution in [3.8, 4) is 5.75 Å². The fraction of sp³-hybridized carbons (Fsp3) is 0.500. The summed E-state index contributed by atoms with van der Waals surface area (Å²) in [5.41, 5.74) is 1.56. The molecule has 0 spiro atoms. The summed E-state index contributed by atoms with van der Waals surface area (Å²) in [6.45, 7) is 9.49. The number of benzene rings is 1. The van der Waals surface area contributed by atoms with E-state index in [4.69, 9.17) is 9.47 Å². The first-order chi connectivity index (χ1) is 13.0. The number of morpholine rings is 1. The Morgan fingerprint density at radius 2 is 2.00 bits per heavy atom. The van der Waals surface area contributed by atoms with Crippen molar-refractivity contribution in [2.75, 3.05) is 25.0 Å². The molecule has 1 aromatic heterocycles. The predicted molar refractivity (Wildman–Crippen MR) is 108 cm³/mol. The first-order valence-corrected chi connectivity index (χ1v) is 10.3. The van der Waals surface area contributed by atoms with Crippen molar-refractivity contribution in [2.24, 2.45) is 0 Å². The van der Waals surface area contributed by atoms with Crippen LogP contribution in [0.1, 0.15) is 43.2 Å². The molecule has 0 saturated carbocycles. The van der Waals surface area contributed by atoms with Gasteiger partial charge in [0.25, 0.3) is 5.91 Å². The summed E-state index contributed by atoms with van der Waals surface area (Å²) in [6.07, 6.45) is 1.42. The molecule has 27 heavy (non-hydrogen) atoms. The molecule has 1 saturated heterocycles. The van der Waals surface area contributed by atoms with E-state index in [1.54, 1.807) is 12.1 Å². The number of hydrogen-bond donors (Lipinski definition) is 1. The van der Waals surface area contributed by atoms with E-state index < -0.39 is 0 Å². The molecule has 1 aromatic carbocycles. The lowest BCUT2D eigenvalue weighted by Crippen LogP contribution is -2.44. The number of rotatable bonds is 7. The van der Waals surface area contributed by atoms with Gasteiger partial charge < -0.3 is 9.47 Å². The number of amides is 1. The molecule has 7 heteroatoms. The summed E-state index contributed by atoms with van der Waals surface area (Å²) in [5.74, 6) is 0.616. The predicted octanol–water partition coefficient (Wildman–Crippen LogP) is 3.79. The first-order valence-electron chi connectivity index (χ1n) is 9.40. The quantitative estimate of drug-likeness (QED) is 0.780. The van der Waals surface area contributed by atoms with Crippen LogP contribution in [0.4, 0.5) is 5.13 Å². The lowest BCUT2D eigenvalue weighted by Gasteiger charge is -2.34. The van der Waals surface area contributed by atoms with Gasteiger partial charge in [-0.1, -0.05) is 6.92 Å². The van der Waals surface area contributed by atoms with Crippen LogP contribution in [0.5, 0.6) is 5.75 Å². The second kappa shape index (κ2) is 9.30. The third-order valence-electron chi connectivity index (χ3n) is 4.24. The molecular formula is C20H27N3O3S. The van der Waals surface area contributed by atoms with Crippen LogP contribution in [-0.2, 0) is 11.3 Å². The summed E-state index contributed by atoms with van der Waals surface area (Å²) < 4.78 is 11.3. The largest absolute Gasteiger partial charge is 0.494 e. The lowest BCUT2D eigenvalue weighted by atomic mass is 10.2. The van der Waals surface area contributed by atoms with Gasteiger partial charge in [0, 0.05) is 30.6 Å². The van der Waals surface area contributed by atoms with Crippen LogP contribution in [0, 0.1) is 0 Å². The molecule has 3 rings (SSSR count). The van der Waals surface area contributed by atoms with Gasteiger partial charge in [-0.2, -0.15) is 0 Å².